The largest absolute Gasteiger partial charge is 0.495 e. The van der Waals surface area contributed by atoms with E-state index in [9.17, 15) is 13.2 Å². The third-order valence-electron chi connectivity index (χ3n) is 4.91. The second kappa shape index (κ2) is 7.70. The van der Waals surface area contributed by atoms with E-state index in [4.69, 9.17) is 4.74 Å². The van der Waals surface area contributed by atoms with E-state index in [2.05, 4.69) is 0 Å². The number of nitrogens with zero attached hydrogens (tertiary/aromatic N) is 2. The number of carbonyl (C=O) groups excluding carboxylic acids is 1. The molecule has 6 nitrogen and oxygen atoms in total. The van der Waals surface area contributed by atoms with Gasteiger partial charge < -0.3 is 9.64 Å². The number of carbonyl (C=O) groups is 1. The van der Waals surface area contributed by atoms with Crippen molar-refractivity contribution < 1.29 is 17.9 Å². The Bertz CT molecular complexity index is 928. The van der Waals surface area contributed by atoms with Gasteiger partial charge in [0, 0.05) is 25.8 Å². The van der Waals surface area contributed by atoms with E-state index in [-0.39, 0.29) is 23.3 Å². The number of hydrogen-bond donors (Lipinski definition) is 0. The Morgan fingerprint density at radius 3 is 2.56 bits per heavy atom. The number of anilines is 1. The molecule has 1 aliphatic rings. The summed E-state index contributed by atoms with van der Waals surface area (Å²) in [7, 11) is -0.549. The maximum atomic E-state index is 13.1. The molecule has 27 heavy (non-hydrogen) atoms. The Kier molecular flexibility index (Phi) is 5.53. The van der Waals surface area contributed by atoms with Crippen LogP contribution in [0.3, 0.4) is 0 Å². The van der Waals surface area contributed by atoms with Crippen molar-refractivity contribution in [1.82, 2.24) is 4.31 Å². The van der Waals surface area contributed by atoms with Crippen LogP contribution in [0.25, 0.3) is 0 Å². The predicted octanol–water partition coefficient (Wildman–Crippen LogP) is 2.68. The minimum Gasteiger partial charge on any atom is -0.495 e. The Labute approximate surface area is 160 Å². The fraction of sp³-hybridized carbons (Fsp3) is 0.350. The van der Waals surface area contributed by atoms with E-state index in [0.29, 0.717) is 18.7 Å². The summed E-state index contributed by atoms with van der Waals surface area (Å²) in [6.45, 7) is 2.33. The number of hydrogen-bond acceptors (Lipinski definition) is 4. The van der Waals surface area contributed by atoms with Crippen molar-refractivity contribution in [2.24, 2.45) is 5.92 Å². The van der Waals surface area contributed by atoms with E-state index >= 15 is 0 Å². The first kappa shape index (κ1) is 19.4. The van der Waals surface area contributed by atoms with Crippen LogP contribution in [-0.2, 0) is 14.8 Å². The molecule has 1 heterocycles. The van der Waals surface area contributed by atoms with E-state index < -0.39 is 10.0 Å². The number of ether oxygens (including phenoxy) is 1. The quantitative estimate of drug-likeness (QED) is 0.790. The minimum absolute atomic E-state index is 0.0740. The summed E-state index contributed by atoms with van der Waals surface area (Å²) in [4.78, 5) is 14.6. The molecule has 1 amide bonds. The highest BCUT2D eigenvalue weighted by atomic mass is 32.2. The average molecular weight is 388 g/mol. The lowest BCUT2D eigenvalue weighted by atomic mass is 10.1. The third kappa shape index (κ3) is 3.84. The highest BCUT2D eigenvalue weighted by molar-refractivity contribution is 7.89. The molecule has 7 heteroatoms. The zero-order chi connectivity index (χ0) is 19.6. The van der Waals surface area contributed by atoms with Crippen molar-refractivity contribution in [2.75, 3.05) is 32.1 Å². The van der Waals surface area contributed by atoms with Gasteiger partial charge in [-0.3, -0.25) is 4.79 Å². The fourth-order valence-corrected chi connectivity index (χ4v) is 5.07. The Hall–Kier alpha value is -2.38. The first-order chi connectivity index (χ1) is 12.8. The predicted molar refractivity (Wildman–Crippen MR) is 104 cm³/mol. The molecule has 1 fully saturated rings. The molecule has 3 rings (SSSR count). The lowest BCUT2D eigenvalue weighted by Crippen LogP contribution is -2.36. The van der Waals surface area contributed by atoms with Crippen LogP contribution in [0.15, 0.2) is 53.4 Å². The second-order valence-corrected chi connectivity index (χ2v) is 8.64. The van der Waals surface area contributed by atoms with E-state index in [0.717, 1.165) is 11.3 Å². The molecule has 2 aromatic rings. The first-order valence-electron chi connectivity index (χ1n) is 8.82. The van der Waals surface area contributed by atoms with E-state index in [1.807, 2.05) is 43.3 Å². The normalized spacial score (nSPS) is 17.7. The van der Waals surface area contributed by atoms with Crippen LogP contribution < -0.4 is 9.64 Å². The van der Waals surface area contributed by atoms with Crippen LogP contribution >= 0.6 is 0 Å². The molecule has 2 aromatic carbocycles. The molecular formula is C20H24N2O4S. The van der Waals surface area contributed by atoms with Gasteiger partial charge in [0.1, 0.15) is 10.6 Å². The monoisotopic (exact) mass is 388 g/mol. The van der Waals surface area contributed by atoms with Crippen molar-refractivity contribution in [3.63, 3.8) is 0 Å². The first-order valence-corrected chi connectivity index (χ1v) is 10.3. The molecule has 0 radical (unpaired) electrons. The highest BCUT2D eigenvalue weighted by Gasteiger charge is 2.38. The smallest absolute Gasteiger partial charge is 0.246 e. The summed E-state index contributed by atoms with van der Waals surface area (Å²) in [5, 5.41) is 0. The van der Waals surface area contributed by atoms with Gasteiger partial charge in [-0.1, -0.05) is 24.3 Å². The lowest BCUT2D eigenvalue weighted by molar-refractivity contribution is -0.121. The Balaban J connectivity index is 1.79. The molecule has 1 saturated heterocycles. The van der Waals surface area contributed by atoms with Crippen LogP contribution in [0.5, 0.6) is 5.75 Å². The summed E-state index contributed by atoms with van der Waals surface area (Å²) in [5.74, 6) is -0.118. The van der Waals surface area contributed by atoms with Gasteiger partial charge in [0.15, 0.2) is 0 Å². The van der Waals surface area contributed by atoms with E-state index in [1.54, 1.807) is 24.1 Å². The number of amides is 1. The summed E-state index contributed by atoms with van der Waals surface area (Å²) in [6, 6.07) is 14.4. The summed E-state index contributed by atoms with van der Waals surface area (Å²) in [6.07, 6.45) is 0.503. The van der Waals surface area contributed by atoms with Crippen LogP contribution in [0.2, 0.25) is 0 Å². The lowest BCUT2D eigenvalue weighted by Gasteiger charge is -2.22. The van der Waals surface area contributed by atoms with Crippen LogP contribution in [0.4, 0.5) is 5.69 Å². The number of para-hydroxylation sites is 1. The fourth-order valence-electron chi connectivity index (χ4n) is 3.33. The molecule has 0 aliphatic carbocycles. The Morgan fingerprint density at radius 1 is 1.19 bits per heavy atom. The van der Waals surface area contributed by atoms with Crippen molar-refractivity contribution in [3.8, 4) is 5.75 Å². The molecule has 0 saturated carbocycles. The molecule has 0 bridgehead atoms. The molecule has 1 atom stereocenters. The van der Waals surface area contributed by atoms with E-state index in [1.165, 1.54) is 11.4 Å². The van der Waals surface area contributed by atoms with Gasteiger partial charge in [-0.2, -0.15) is 4.31 Å². The standard InChI is InChI=1S/C20H24N2O4S/c1-15-9-10-18(26-3)19(13-15)27(24,25)22-12-11-16(14-22)20(23)21(2)17-7-5-4-6-8-17/h4-10,13,16H,11-12,14H2,1-3H3. The van der Waals surface area contributed by atoms with Crippen molar-refractivity contribution in [1.29, 1.82) is 0 Å². The molecule has 0 aromatic heterocycles. The number of rotatable bonds is 5. The average Bonchev–Trinajstić information content (AvgIpc) is 3.18. The van der Waals surface area contributed by atoms with Gasteiger partial charge in [0.2, 0.25) is 15.9 Å². The van der Waals surface area contributed by atoms with Gasteiger partial charge >= 0.3 is 0 Å². The number of methoxy groups -OCH3 is 1. The summed E-state index contributed by atoms with van der Waals surface area (Å²) < 4.78 is 32.8. The maximum Gasteiger partial charge on any atom is 0.246 e. The Morgan fingerprint density at radius 2 is 1.89 bits per heavy atom. The van der Waals surface area contributed by atoms with Gasteiger partial charge in [-0.05, 0) is 43.2 Å². The van der Waals surface area contributed by atoms with Crippen LogP contribution in [0, 0.1) is 12.8 Å². The second-order valence-electron chi connectivity index (χ2n) is 6.74. The highest BCUT2D eigenvalue weighted by Crippen LogP contribution is 2.31. The van der Waals surface area contributed by atoms with Gasteiger partial charge in [-0.25, -0.2) is 8.42 Å². The number of benzene rings is 2. The van der Waals surface area contributed by atoms with Gasteiger partial charge in [0.25, 0.3) is 0 Å². The molecule has 0 spiro atoms. The number of sulfonamides is 1. The molecular weight excluding hydrogens is 364 g/mol. The van der Waals surface area contributed by atoms with Crippen LogP contribution in [-0.4, -0.2) is 45.9 Å². The van der Waals surface area contributed by atoms with Gasteiger partial charge in [0.05, 0.1) is 13.0 Å². The molecule has 144 valence electrons. The summed E-state index contributed by atoms with van der Waals surface area (Å²) in [5.41, 5.74) is 1.63. The minimum atomic E-state index is -3.72. The zero-order valence-corrected chi connectivity index (χ0v) is 16.6. The van der Waals surface area contributed by atoms with Crippen molar-refractivity contribution in [3.05, 3.63) is 54.1 Å². The third-order valence-corrected chi connectivity index (χ3v) is 6.80. The topological polar surface area (TPSA) is 66.9 Å². The van der Waals surface area contributed by atoms with Crippen LogP contribution in [0.1, 0.15) is 12.0 Å². The molecule has 1 aliphatic heterocycles. The molecule has 1 unspecified atom stereocenters. The SMILES string of the molecule is COc1ccc(C)cc1S(=O)(=O)N1CCC(C(=O)N(C)c2ccccc2)C1. The van der Waals surface area contributed by atoms with Gasteiger partial charge in [-0.15, -0.1) is 0 Å². The maximum absolute atomic E-state index is 13.1. The van der Waals surface area contributed by atoms with Crippen molar-refractivity contribution >= 4 is 21.6 Å². The number of aryl methyl sites for hydroxylation is 1. The van der Waals surface area contributed by atoms with Crippen molar-refractivity contribution in [2.45, 2.75) is 18.2 Å². The molecule has 0 N–H and O–H groups in total. The summed E-state index contributed by atoms with van der Waals surface area (Å²) >= 11 is 0. The zero-order valence-electron chi connectivity index (χ0n) is 15.8.